The third-order valence-electron chi connectivity index (χ3n) is 3.30. The summed E-state index contributed by atoms with van der Waals surface area (Å²) in [6, 6.07) is 4.78. The van der Waals surface area contributed by atoms with Crippen LogP contribution in [0.2, 0.25) is 0 Å². The van der Waals surface area contributed by atoms with Gasteiger partial charge in [0.2, 0.25) is 0 Å². The highest BCUT2D eigenvalue weighted by atomic mass is 19.1. The molecular formula is C13H14FN3O. The maximum Gasteiger partial charge on any atom is 0.256 e. The van der Waals surface area contributed by atoms with Crippen LogP contribution in [0, 0.1) is 5.82 Å². The average molecular weight is 247 g/mol. The van der Waals surface area contributed by atoms with Crippen LogP contribution in [0.5, 0.6) is 0 Å². The van der Waals surface area contributed by atoms with Gasteiger partial charge in [-0.1, -0.05) is 12.1 Å². The number of carbonyl (C=O) groups excluding carboxylic acids is 1. The molecule has 1 aliphatic rings. The molecule has 1 saturated heterocycles. The molecule has 1 aromatic carbocycles. The van der Waals surface area contributed by atoms with Crippen molar-refractivity contribution < 1.29 is 9.18 Å². The lowest BCUT2D eigenvalue weighted by atomic mass is 10.1. The second kappa shape index (κ2) is 4.42. The molecule has 0 saturated carbocycles. The van der Waals surface area contributed by atoms with E-state index in [1.54, 1.807) is 23.2 Å². The average Bonchev–Trinajstić information content (AvgIpc) is 2.84. The van der Waals surface area contributed by atoms with Crippen molar-refractivity contribution in [2.45, 2.75) is 0 Å². The normalized spacial score (nSPS) is 16.2. The van der Waals surface area contributed by atoms with Gasteiger partial charge >= 0.3 is 0 Å². The van der Waals surface area contributed by atoms with Crippen molar-refractivity contribution in [2.24, 2.45) is 0 Å². The minimum absolute atomic E-state index is 0.0339. The number of aromatic nitrogens is 1. The number of carbonyl (C=O) groups is 1. The summed E-state index contributed by atoms with van der Waals surface area (Å²) in [5.74, 6) is -0.361. The molecule has 0 atom stereocenters. The largest absolute Gasteiger partial charge is 0.358 e. The first-order valence-electron chi connectivity index (χ1n) is 6.03. The maximum absolute atomic E-state index is 13.5. The molecular weight excluding hydrogens is 233 g/mol. The summed E-state index contributed by atoms with van der Waals surface area (Å²) in [6.07, 6.45) is 1.60. The molecule has 5 heteroatoms. The van der Waals surface area contributed by atoms with E-state index in [0.29, 0.717) is 29.6 Å². The topological polar surface area (TPSA) is 48.1 Å². The molecule has 2 heterocycles. The second-order valence-corrected chi connectivity index (χ2v) is 4.41. The van der Waals surface area contributed by atoms with Gasteiger partial charge in [-0.25, -0.2) is 4.39 Å². The fraction of sp³-hybridized carbons (Fsp3) is 0.308. The highest BCUT2D eigenvalue weighted by Crippen LogP contribution is 2.22. The molecule has 0 aliphatic carbocycles. The number of hydrogen-bond acceptors (Lipinski definition) is 2. The number of H-pyrrole nitrogens is 1. The third kappa shape index (κ3) is 1.76. The Bertz CT molecular complexity index is 587. The molecule has 1 aromatic heterocycles. The number of aromatic amines is 1. The lowest BCUT2D eigenvalue weighted by Gasteiger charge is -2.27. The van der Waals surface area contributed by atoms with E-state index in [1.165, 1.54) is 6.07 Å². The number of hydrogen-bond donors (Lipinski definition) is 2. The van der Waals surface area contributed by atoms with Gasteiger partial charge in [-0.15, -0.1) is 0 Å². The van der Waals surface area contributed by atoms with E-state index in [2.05, 4.69) is 10.3 Å². The molecule has 2 N–H and O–H groups in total. The van der Waals surface area contributed by atoms with Crippen LogP contribution in [0.1, 0.15) is 10.4 Å². The Hall–Kier alpha value is -1.88. The summed E-state index contributed by atoms with van der Waals surface area (Å²) in [5.41, 5.74) is 0.947. The van der Waals surface area contributed by atoms with Crippen LogP contribution < -0.4 is 5.32 Å². The first-order chi connectivity index (χ1) is 8.77. The Morgan fingerprint density at radius 3 is 2.83 bits per heavy atom. The van der Waals surface area contributed by atoms with E-state index in [-0.39, 0.29) is 11.7 Å². The van der Waals surface area contributed by atoms with Crippen molar-refractivity contribution in [3.8, 4) is 0 Å². The predicted octanol–water partition coefficient (Wildman–Crippen LogP) is 1.35. The summed E-state index contributed by atoms with van der Waals surface area (Å²) in [7, 11) is 0. The number of nitrogens with zero attached hydrogens (tertiary/aromatic N) is 1. The molecule has 1 amide bonds. The summed E-state index contributed by atoms with van der Waals surface area (Å²) < 4.78 is 13.5. The zero-order chi connectivity index (χ0) is 12.5. The number of nitrogens with one attached hydrogen (secondary N) is 2. The predicted molar refractivity (Wildman–Crippen MR) is 67.0 cm³/mol. The Balaban J connectivity index is 1.98. The van der Waals surface area contributed by atoms with Crippen LogP contribution in [0.25, 0.3) is 10.9 Å². The number of amides is 1. The van der Waals surface area contributed by atoms with Crippen LogP contribution >= 0.6 is 0 Å². The van der Waals surface area contributed by atoms with Crippen molar-refractivity contribution in [1.29, 1.82) is 0 Å². The number of halogens is 1. The van der Waals surface area contributed by atoms with Crippen molar-refractivity contribution in [3.63, 3.8) is 0 Å². The van der Waals surface area contributed by atoms with Crippen molar-refractivity contribution in [1.82, 2.24) is 15.2 Å². The van der Waals surface area contributed by atoms with Gasteiger partial charge in [0, 0.05) is 37.8 Å². The first-order valence-corrected chi connectivity index (χ1v) is 6.03. The smallest absolute Gasteiger partial charge is 0.256 e. The zero-order valence-corrected chi connectivity index (χ0v) is 9.87. The van der Waals surface area contributed by atoms with E-state index in [1.807, 2.05) is 0 Å². The standard InChI is InChI=1S/C13H14FN3O/c14-11-3-1-2-9-10(8-16-12(9)11)13(18)17-6-4-15-5-7-17/h1-3,8,15-16H,4-7H2. The van der Waals surface area contributed by atoms with Gasteiger partial charge in [0.05, 0.1) is 11.1 Å². The van der Waals surface area contributed by atoms with E-state index in [4.69, 9.17) is 0 Å². The summed E-state index contributed by atoms with van der Waals surface area (Å²) >= 11 is 0. The van der Waals surface area contributed by atoms with Crippen molar-refractivity contribution in [2.75, 3.05) is 26.2 Å². The van der Waals surface area contributed by atoms with Gasteiger partial charge < -0.3 is 15.2 Å². The van der Waals surface area contributed by atoms with Crippen molar-refractivity contribution >= 4 is 16.8 Å². The highest BCUT2D eigenvalue weighted by Gasteiger charge is 2.21. The molecule has 0 spiro atoms. The molecule has 0 bridgehead atoms. The fourth-order valence-corrected chi connectivity index (χ4v) is 2.33. The van der Waals surface area contributed by atoms with Crippen LogP contribution in [0.4, 0.5) is 4.39 Å². The molecule has 3 rings (SSSR count). The number of fused-ring (bicyclic) bond motifs is 1. The summed E-state index contributed by atoms with van der Waals surface area (Å²) in [4.78, 5) is 17.0. The minimum atomic E-state index is -0.327. The molecule has 1 aliphatic heterocycles. The molecule has 94 valence electrons. The summed E-state index contributed by atoms with van der Waals surface area (Å²) in [5, 5.41) is 3.85. The van der Waals surface area contributed by atoms with E-state index in [0.717, 1.165) is 13.1 Å². The lowest BCUT2D eigenvalue weighted by molar-refractivity contribution is 0.0738. The maximum atomic E-state index is 13.5. The Kier molecular flexibility index (Phi) is 2.76. The van der Waals surface area contributed by atoms with Gasteiger partial charge in [-0.05, 0) is 6.07 Å². The molecule has 4 nitrogen and oxygen atoms in total. The van der Waals surface area contributed by atoms with Gasteiger partial charge in [-0.3, -0.25) is 4.79 Å². The first kappa shape index (κ1) is 11.2. The number of para-hydroxylation sites is 1. The quantitative estimate of drug-likeness (QED) is 0.799. The van der Waals surface area contributed by atoms with E-state index >= 15 is 0 Å². The Morgan fingerprint density at radius 2 is 2.06 bits per heavy atom. The molecule has 0 radical (unpaired) electrons. The van der Waals surface area contributed by atoms with Gasteiger partial charge in [0.25, 0.3) is 5.91 Å². The monoisotopic (exact) mass is 247 g/mol. The Morgan fingerprint density at radius 1 is 1.28 bits per heavy atom. The van der Waals surface area contributed by atoms with Crippen molar-refractivity contribution in [3.05, 3.63) is 35.8 Å². The highest BCUT2D eigenvalue weighted by molar-refractivity contribution is 6.06. The van der Waals surface area contributed by atoms with Gasteiger partial charge in [0.1, 0.15) is 5.82 Å². The van der Waals surface area contributed by atoms with Gasteiger partial charge in [-0.2, -0.15) is 0 Å². The second-order valence-electron chi connectivity index (χ2n) is 4.41. The lowest BCUT2D eigenvalue weighted by Crippen LogP contribution is -2.46. The fourth-order valence-electron chi connectivity index (χ4n) is 2.33. The minimum Gasteiger partial charge on any atom is -0.358 e. The SMILES string of the molecule is O=C(c1c[nH]c2c(F)cccc12)N1CCNCC1. The van der Waals surface area contributed by atoms with E-state index < -0.39 is 0 Å². The number of piperazine rings is 1. The Labute approximate surface area is 104 Å². The molecule has 18 heavy (non-hydrogen) atoms. The number of benzene rings is 1. The zero-order valence-electron chi connectivity index (χ0n) is 9.87. The summed E-state index contributed by atoms with van der Waals surface area (Å²) in [6.45, 7) is 3.01. The molecule has 1 fully saturated rings. The van der Waals surface area contributed by atoms with Crippen LogP contribution in [-0.4, -0.2) is 42.0 Å². The van der Waals surface area contributed by atoms with E-state index in [9.17, 15) is 9.18 Å². The van der Waals surface area contributed by atoms with Crippen LogP contribution in [0.3, 0.4) is 0 Å². The molecule has 2 aromatic rings. The number of rotatable bonds is 1. The molecule has 0 unspecified atom stereocenters. The van der Waals surface area contributed by atoms with Crippen LogP contribution in [-0.2, 0) is 0 Å². The van der Waals surface area contributed by atoms with Gasteiger partial charge in [0.15, 0.2) is 0 Å². The third-order valence-corrected chi connectivity index (χ3v) is 3.30. The van der Waals surface area contributed by atoms with Crippen LogP contribution in [0.15, 0.2) is 24.4 Å².